The lowest BCUT2D eigenvalue weighted by molar-refractivity contribution is -0.143. The van der Waals surface area contributed by atoms with Gasteiger partial charge in [-0.2, -0.15) is 0 Å². The molecule has 0 aromatic heterocycles. The Morgan fingerprint density at radius 2 is 1.69 bits per heavy atom. The van der Waals surface area contributed by atoms with Gasteiger partial charge in [-0.3, -0.25) is 9.59 Å². The monoisotopic (exact) mass is 228 g/mol. The lowest BCUT2D eigenvalue weighted by Gasteiger charge is -2.00. The Bertz CT molecular complexity index is 233. The van der Waals surface area contributed by atoms with E-state index in [-0.39, 0.29) is 11.9 Å². The van der Waals surface area contributed by atoms with Gasteiger partial charge in [-0.05, 0) is 18.9 Å². The minimum absolute atomic E-state index is 0.182. The lowest BCUT2D eigenvalue weighted by atomic mass is 10.3. The summed E-state index contributed by atoms with van der Waals surface area (Å²) in [6.07, 6.45) is 6.04. The second kappa shape index (κ2) is 10.2. The van der Waals surface area contributed by atoms with Crippen molar-refractivity contribution in [2.75, 3.05) is 6.61 Å². The average molecular weight is 228 g/mol. The van der Waals surface area contributed by atoms with Crippen molar-refractivity contribution in [3.8, 4) is 0 Å². The van der Waals surface area contributed by atoms with Crippen LogP contribution in [0.3, 0.4) is 0 Å². The zero-order chi connectivity index (χ0) is 12.2. The van der Waals surface area contributed by atoms with Gasteiger partial charge in [0.2, 0.25) is 0 Å². The first-order valence-electron chi connectivity index (χ1n) is 5.70. The molecule has 0 aliphatic heterocycles. The van der Waals surface area contributed by atoms with E-state index < -0.39 is 0 Å². The molecule has 92 valence electrons. The molecule has 0 radical (unpaired) electrons. The van der Waals surface area contributed by atoms with E-state index in [4.69, 9.17) is 9.47 Å². The van der Waals surface area contributed by atoms with Gasteiger partial charge in [-0.25, -0.2) is 0 Å². The third-order valence-electron chi connectivity index (χ3n) is 1.75. The first kappa shape index (κ1) is 14.7. The number of rotatable bonds is 8. The normalized spacial score (nSPS) is 10.4. The molecule has 0 aromatic carbocycles. The van der Waals surface area contributed by atoms with Gasteiger partial charge in [0.25, 0.3) is 0 Å². The fourth-order valence-electron chi connectivity index (χ4n) is 0.972. The van der Waals surface area contributed by atoms with Gasteiger partial charge in [-0.1, -0.05) is 13.8 Å². The number of carbonyl (C=O) groups excluding carboxylic acids is 2. The first-order chi connectivity index (χ1) is 7.70. The van der Waals surface area contributed by atoms with Crippen molar-refractivity contribution in [1.82, 2.24) is 0 Å². The van der Waals surface area contributed by atoms with E-state index in [1.54, 1.807) is 6.08 Å². The molecule has 0 bridgehead atoms. The average Bonchev–Trinajstić information content (AvgIpc) is 2.24. The maximum atomic E-state index is 10.9. The highest BCUT2D eigenvalue weighted by Gasteiger charge is 1.99. The molecule has 4 heteroatoms. The van der Waals surface area contributed by atoms with Crippen molar-refractivity contribution in [2.45, 2.75) is 46.0 Å². The van der Waals surface area contributed by atoms with E-state index in [2.05, 4.69) is 0 Å². The van der Waals surface area contributed by atoms with Gasteiger partial charge in [0, 0.05) is 19.3 Å². The summed E-state index contributed by atoms with van der Waals surface area (Å²) in [7, 11) is 0. The van der Waals surface area contributed by atoms with Crippen LogP contribution in [0, 0.1) is 0 Å². The molecule has 0 unspecified atom stereocenters. The van der Waals surface area contributed by atoms with Crippen LogP contribution in [0.2, 0.25) is 0 Å². The predicted octanol–water partition coefficient (Wildman–Crippen LogP) is 2.58. The van der Waals surface area contributed by atoms with Gasteiger partial charge < -0.3 is 9.47 Å². The molecular weight excluding hydrogens is 208 g/mol. The van der Waals surface area contributed by atoms with Crippen LogP contribution in [-0.2, 0) is 19.1 Å². The molecule has 0 heterocycles. The van der Waals surface area contributed by atoms with E-state index in [0.29, 0.717) is 25.9 Å². The van der Waals surface area contributed by atoms with Gasteiger partial charge in [-0.15, -0.1) is 0 Å². The van der Waals surface area contributed by atoms with E-state index in [9.17, 15) is 9.59 Å². The fraction of sp³-hybridized carbons (Fsp3) is 0.667. The third kappa shape index (κ3) is 9.24. The Morgan fingerprint density at radius 3 is 2.31 bits per heavy atom. The Kier molecular flexibility index (Phi) is 9.36. The van der Waals surface area contributed by atoms with Crippen LogP contribution in [-0.4, -0.2) is 18.5 Å². The summed E-state index contributed by atoms with van der Waals surface area (Å²) in [6, 6.07) is 0. The van der Waals surface area contributed by atoms with Crippen LogP contribution in [0.25, 0.3) is 0 Å². The number of hydrogen-bond donors (Lipinski definition) is 0. The van der Waals surface area contributed by atoms with Gasteiger partial charge in [0.1, 0.15) is 0 Å². The van der Waals surface area contributed by atoms with Crippen LogP contribution >= 0.6 is 0 Å². The summed E-state index contributed by atoms with van der Waals surface area (Å²) >= 11 is 0. The molecule has 0 saturated heterocycles. The summed E-state index contributed by atoms with van der Waals surface area (Å²) < 4.78 is 9.68. The van der Waals surface area contributed by atoms with Crippen LogP contribution in [0.15, 0.2) is 12.3 Å². The zero-order valence-electron chi connectivity index (χ0n) is 10.0. The van der Waals surface area contributed by atoms with Crippen molar-refractivity contribution in [2.24, 2.45) is 0 Å². The summed E-state index contributed by atoms with van der Waals surface area (Å²) in [6.45, 7) is 4.17. The van der Waals surface area contributed by atoms with E-state index >= 15 is 0 Å². The Hall–Kier alpha value is -1.32. The van der Waals surface area contributed by atoms with Crippen molar-refractivity contribution < 1.29 is 19.1 Å². The molecule has 0 atom stereocenters. The smallest absolute Gasteiger partial charge is 0.310 e. The maximum absolute atomic E-state index is 10.9. The lowest BCUT2D eigenvalue weighted by Crippen LogP contribution is -2.04. The van der Waals surface area contributed by atoms with Gasteiger partial charge in [0.15, 0.2) is 0 Å². The highest BCUT2D eigenvalue weighted by Crippen LogP contribution is 1.95. The molecule has 0 spiro atoms. The largest absolute Gasteiger partial charge is 0.465 e. The van der Waals surface area contributed by atoms with Crippen molar-refractivity contribution in [3.63, 3.8) is 0 Å². The summed E-state index contributed by atoms with van der Waals surface area (Å²) in [4.78, 5) is 21.8. The second-order valence-electron chi connectivity index (χ2n) is 3.37. The highest BCUT2D eigenvalue weighted by molar-refractivity contribution is 5.70. The third-order valence-corrected chi connectivity index (χ3v) is 1.75. The Balaban J connectivity index is 3.40. The molecule has 0 saturated carbocycles. The summed E-state index contributed by atoms with van der Waals surface area (Å²) in [5.41, 5.74) is 0. The molecule has 0 aliphatic carbocycles. The molecule has 0 aromatic rings. The van der Waals surface area contributed by atoms with Crippen LogP contribution in [0.4, 0.5) is 0 Å². The van der Waals surface area contributed by atoms with Crippen molar-refractivity contribution in [1.29, 1.82) is 0 Å². The van der Waals surface area contributed by atoms with Crippen molar-refractivity contribution in [3.05, 3.63) is 12.3 Å². The topological polar surface area (TPSA) is 52.6 Å². The molecule has 0 amide bonds. The quantitative estimate of drug-likeness (QED) is 0.364. The molecular formula is C12H20O4. The summed E-state index contributed by atoms with van der Waals surface area (Å²) in [5.74, 6) is -0.416. The maximum Gasteiger partial charge on any atom is 0.310 e. The number of carbonyl (C=O) groups is 2. The van der Waals surface area contributed by atoms with Crippen molar-refractivity contribution >= 4 is 11.9 Å². The van der Waals surface area contributed by atoms with E-state index in [0.717, 1.165) is 12.8 Å². The number of hydrogen-bond acceptors (Lipinski definition) is 4. The molecule has 0 rings (SSSR count). The minimum Gasteiger partial charge on any atom is -0.465 e. The molecule has 0 N–H and O–H groups in total. The molecule has 0 fully saturated rings. The number of esters is 2. The fourth-order valence-corrected chi connectivity index (χ4v) is 0.972. The summed E-state index contributed by atoms with van der Waals surface area (Å²) in [5, 5.41) is 0. The predicted molar refractivity (Wildman–Crippen MR) is 60.6 cm³/mol. The molecule has 16 heavy (non-hydrogen) atoms. The Labute approximate surface area is 96.6 Å². The van der Waals surface area contributed by atoms with Crippen LogP contribution in [0.5, 0.6) is 0 Å². The molecule has 0 aliphatic rings. The molecule has 4 nitrogen and oxygen atoms in total. The first-order valence-corrected chi connectivity index (χ1v) is 5.70. The van der Waals surface area contributed by atoms with E-state index in [1.807, 2.05) is 13.8 Å². The highest BCUT2D eigenvalue weighted by atomic mass is 16.5. The SMILES string of the molecule is CCCC(=O)OC=CCCOC(=O)CCC. The van der Waals surface area contributed by atoms with Crippen LogP contribution < -0.4 is 0 Å². The van der Waals surface area contributed by atoms with Crippen LogP contribution in [0.1, 0.15) is 46.0 Å². The van der Waals surface area contributed by atoms with E-state index in [1.165, 1.54) is 6.26 Å². The second-order valence-corrected chi connectivity index (χ2v) is 3.37. The van der Waals surface area contributed by atoms with Gasteiger partial charge >= 0.3 is 11.9 Å². The standard InChI is InChI=1S/C12H20O4/c1-3-7-11(13)15-9-5-6-10-16-12(14)8-4-2/h5,9H,3-4,6-8,10H2,1-2H3. The zero-order valence-corrected chi connectivity index (χ0v) is 10.0. The Morgan fingerprint density at radius 1 is 1.06 bits per heavy atom. The minimum atomic E-state index is -0.235. The number of ether oxygens (including phenoxy) is 2. The van der Waals surface area contributed by atoms with Gasteiger partial charge in [0.05, 0.1) is 12.9 Å².